The number of nitrogens with zero attached hydrogens (tertiary/aromatic N) is 4. The van der Waals surface area contributed by atoms with Gasteiger partial charge in [0.15, 0.2) is 5.82 Å². The van der Waals surface area contributed by atoms with Crippen molar-refractivity contribution in [2.24, 2.45) is 0 Å². The largest absolute Gasteiger partial charge is 0.399 e. The minimum absolute atomic E-state index is 0.528. The lowest BCUT2D eigenvalue weighted by molar-refractivity contribution is 0.791. The second-order valence-corrected chi connectivity index (χ2v) is 5.04. The van der Waals surface area contributed by atoms with Crippen molar-refractivity contribution >= 4 is 28.9 Å². The highest BCUT2D eigenvalue weighted by Gasteiger charge is 2.12. The van der Waals surface area contributed by atoms with Crippen LogP contribution in [0.1, 0.15) is 0 Å². The Morgan fingerprint density at radius 1 is 1.00 bits per heavy atom. The van der Waals surface area contributed by atoms with Gasteiger partial charge in [-0.25, -0.2) is 0 Å². The number of hydrogen-bond acceptors (Lipinski definition) is 4. The van der Waals surface area contributed by atoms with Crippen molar-refractivity contribution < 1.29 is 0 Å². The Morgan fingerprint density at radius 2 is 1.85 bits per heavy atom. The molecule has 20 heavy (non-hydrogen) atoms. The van der Waals surface area contributed by atoms with Crippen LogP contribution in [0.3, 0.4) is 0 Å². The van der Waals surface area contributed by atoms with Crippen LogP contribution in [0.15, 0.2) is 42.5 Å². The molecule has 2 N–H and O–H groups in total. The Morgan fingerprint density at radius 3 is 2.60 bits per heavy atom. The Balaban J connectivity index is 2.15. The monoisotopic (exact) mass is 305 g/mol. The minimum Gasteiger partial charge on any atom is -0.399 e. The molecule has 0 saturated heterocycles. The zero-order valence-corrected chi connectivity index (χ0v) is 11.7. The molecule has 5 nitrogen and oxygen atoms in total. The van der Waals surface area contributed by atoms with Crippen LogP contribution in [0.4, 0.5) is 5.69 Å². The number of halogens is 2. The summed E-state index contributed by atoms with van der Waals surface area (Å²) in [6.07, 6.45) is 0. The first kappa shape index (κ1) is 12.9. The molecule has 0 saturated carbocycles. The zero-order valence-electron chi connectivity index (χ0n) is 10.2. The van der Waals surface area contributed by atoms with E-state index in [0.29, 0.717) is 21.6 Å². The van der Waals surface area contributed by atoms with E-state index in [9.17, 15) is 0 Å². The maximum Gasteiger partial charge on any atom is 0.187 e. The fourth-order valence-electron chi connectivity index (χ4n) is 1.89. The topological polar surface area (TPSA) is 69.6 Å². The van der Waals surface area contributed by atoms with Crippen molar-refractivity contribution in [2.75, 3.05) is 5.73 Å². The normalized spacial score (nSPS) is 10.7. The molecule has 100 valence electrons. The highest BCUT2D eigenvalue weighted by molar-refractivity contribution is 6.31. The van der Waals surface area contributed by atoms with Gasteiger partial charge < -0.3 is 5.73 Å². The van der Waals surface area contributed by atoms with Crippen LogP contribution in [-0.4, -0.2) is 20.2 Å². The van der Waals surface area contributed by atoms with E-state index in [0.717, 1.165) is 11.3 Å². The molecule has 0 radical (unpaired) electrons. The predicted molar refractivity (Wildman–Crippen MR) is 79.0 cm³/mol. The minimum atomic E-state index is 0.528. The number of tetrazole rings is 1. The lowest BCUT2D eigenvalue weighted by Gasteiger charge is -2.06. The highest BCUT2D eigenvalue weighted by atomic mass is 35.5. The number of hydrogen-bond donors (Lipinski definition) is 1. The maximum atomic E-state index is 6.01. The fraction of sp³-hybridized carbons (Fsp3) is 0. The Bertz CT molecular complexity index is 749. The number of benzene rings is 2. The third-order valence-corrected chi connectivity index (χ3v) is 3.15. The second-order valence-electron chi connectivity index (χ2n) is 4.17. The van der Waals surface area contributed by atoms with Crippen molar-refractivity contribution in [1.82, 2.24) is 20.2 Å². The van der Waals surface area contributed by atoms with E-state index in [1.165, 1.54) is 0 Å². The van der Waals surface area contributed by atoms with E-state index in [1.807, 2.05) is 12.1 Å². The molecule has 1 aromatic heterocycles. The average Bonchev–Trinajstić information content (AvgIpc) is 2.86. The molecule has 0 aliphatic heterocycles. The van der Waals surface area contributed by atoms with Crippen LogP contribution in [-0.2, 0) is 0 Å². The smallest absolute Gasteiger partial charge is 0.187 e. The average molecular weight is 306 g/mol. The summed E-state index contributed by atoms with van der Waals surface area (Å²) < 4.78 is 1.58. The number of nitrogen functional groups attached to an aromatic ring is 1. The van der Waals surface area contributed by atoms with Crippen LogP contribution in [0.2, 0.25) is 10.0 Å². The first-order valence-electron chi connectivity index (χ1n) is 5.74. The van der Waals surface area contributed by atoms with Crippen LogP contribution in [0.5, 0.6) is 0 Å². The SMILES string of the molecule is Nc1cc(Cl)cc(-c2nnnn2-c2cccc(Cl)c2)c1. The van der Waals surface area contributed by atoms with E-state index in [1.54, 1.807) is 35.0 Å². The number of aromatic nitrogens is 4. The molecule has 0 atom stereocenters. The molecule has 7 heteroatoms. The maximum absolute atomic E-state index is 6.01. The van der Waals surface area contributed by atoms with Crippen molar-refractivity contribution in [2.45, 2.75) is 0 Å². The van der Waals surface area contributed by atoms with Crippen LogP contribution >= 0.6 is 23.2 Å². The van der Waals surface area contributed by atoms with Crippen LogP contribution in [0, 0.1) is 0 Å². The molecule has 0 bridgehead atoms. The Kier molecular flexibility index (Phi) is 3.30. The Labute approximate surface area is 124 Å². The van der Waals surface area contributed by atoms with E-state index < -0.39 is 0 Å². The molecule has 3 rings (SSSR count). The van der Waals surface area contributed by atoms with E-state index in [-0.39, 0.29) is 0 Å². The Hall–Kier alpha value is -2.11. The lowest BCUT2D eigenvalue weighted by atomic mass is 10.2. The first-order chi connectivity index (χ1) is 9.63. The van der Waals surface area contributed by atoms with Gasteiger partial charge in [0.05, 0.1) is 5.69 Å². The first-order valence-corrected chi connectivity index (χ1v) is 6.50. The van der Waals surface area contributed by atoms with Gasteiger partial charge in [-0.3, -0.25) is 0 Å². The van der Waals surface area contributed by atoms with Gasteiger partial charge in [0.2, 0.25) is 0 Å². The molecule has 0 aliphatic carbocycles. The van der Waals surface area contributed by atoms with Gasteiger partial charge in [0.25, 0.3) is 0 Å². The molecule has 0 amide bonds. The summed E-state index contributed by atoms with van der Waals surface area (Å²) in [6, 6.07) is 12.4. The molecule has 2 aromatic carbocycles. The number of nitrogens with two attached hydrogens (primary N) is 1. The van der Waals surface area contributed by atoms with Gasteiger partial charge in [-0.2, -0.15) is 4.68 Å². The molecular formula is C13H9Cl2N5. The van der Waals surface area contributed by atoms with Gasteiger partial charge in [-0.1, -0.05) is 29.3 Å². The van der Waals surface area contributed by atoms with Crippen molar-refractivity contribution in [3.63, 3.8) is 0 Å². The van der Waals surface area contributed by atoms with Gasteiger partial charge in [-0.15, -0.1) is 5.10 Å². The molecule has 0 spiro atoms. The summed E-state index contributed by atoms with van der Waals surface area (Å²) in [4.78, 5) is 0. The van der Waals surface area contributed by atoms with Crippen molar-refractivity contribution in [1.29, 1.82) is 0 Å². The summed E-state index contributed by atoms with van der Waals surface area (Å²) in [5.41, 5.74) is 7.84. The van der Waals surface area contributed by atoms with Gasteiger partial charge in [-0.05, 0) is 46.8 Å². The second kappa shape index (κ2) is 5.11. The lowest BCUT2D eigenvalue weighted by Crippen LogP contribution is -2.00. The summed E-state index contributed by atoms with van der Waals surface area (Å²) >= 11 is 12.0. The molecule has 1 heterocycles. The summed E-state index contributed by atoms with van der Waals surface area (Å²) in [6.45, 7) is 0. The van der Waals surface area contributed by atoms with Crippen molar-refractivity contribution in [3.8, 4) is 17.1 Å². The number of rotatable bonds is 2. The molecule has 0 aliphatic rings. The van der Waals surface area contributed by atoms with Crippen LogP contribution < -0.4 is 5.73 Å². The van der Waals surface area contributed by atoms with Crippen LogP contribution in [0.25, 0.3) is 17.1 Å². The predicted octanol–water partition coefficient (Wildman–Crippen LogP) is 3.22. The zero-order chi connectivity index (χ0) is 14.1. The summed E-state index contributed by atoms with van der Waals surface area (Å²) in [5.74, 6) is 0.543. The van der Waals surface area contributed by atoms with E-state index in [2.05, 4.69) is 15.5 Å². The van der Waals surface area contributed by atoms with E-state index in [4.69, 9.17) is 28.9 Å². The summed E-state index contributed by atoms with van der Waals surface area (Å²) in [5, 5.41) is 12.8. The van der Waals surface area contributed by atoms with Crippen molar-refractivity contribution in [3.05, 3.63) is 52.5 Å². The van der Waals surface area contributed by atoms with E-state index >= 15 is 0 Å². The highest BCUT2D eigenvalue weighted by Crippen LogP contribution is 2.26. The molecule has 0 fully saturated rings. The molecular weight excluding hydrogens is 297 g/mol. The quantitative estimate of drug-likeness (QED) is 0.738. The molecule has 0 unspecified atom stereocenters. The summed E-state index contributed by atoms with van der Waals surface area (Å²) in [7, 11) is 0. The fourth-order valence-corrected chi connectivity index (χ4v) is 2.32. The molecule has 3 aromatic rings. The van der Waals surface area contributed by atoms with Gasteiger partial charge in [0, 0.05) is 21.3 Å². The van der Waals surface area contributed by atoms with Gasteiger partial charge in [0.1, 0.15) is 0 Å². The third kappa shape index (κ3) is 2.45. The third-order valence-electron chi connectivity index (χ3n) is 2.70. The number of anilines is 1. The van der Waals surface area contributed by atoms with Gasteiger partial charge >= 0.3 is 0 Å². The standard InChI is InChI=1S/C13H9Cl2N5/c14-9-2-1-3-12(7-9)20-13(17-18-19-20)8-4-10(15)6-11(16)5-8/h1-7H,16H2.